The lowest BCUT2D eigenvalue weighted by Crippen LogP contribution is -2.18. The van der Waals surface area contributed by atoms with Gasteiger partial charge < -0.3 is 5.32 Å². The molecule has 0 radical (unpaired) electrons. The van der Waals surface area contributed by atoms with Gasteiger partial charge in [0.2, 0.25) is 0 Å². The second kappa shape index (κ2) is 6.57. The monoisotopic (exact) mass is 311 g/mol. The summed E-state index contributed by atoms with van der Waals surface area (Å²) in [6.45, 7) is 3.58. The summed E-state index contributed by atoms with van der Waals surface area (Å²) in [5.41, 5.74) is 0. The Morgan fingerprint density at radius 3 is 2.55 bits per heavy atom. The van der Waals surface area contributed by atoms with Crippen LogP contribution >= 0.6 is 11.6 Å². The zero-order valence-electron chi connectivity index (χ0n) is 11.4. The van der Waals surface area contributed by atoms with Crippen molar-refractivity contribution < 1.29 is 8.42 Å². The third kappa shape index (κ3) is 3.72. The summed E-state index contributed by atoms with van der Waals surface area (Å²) in [6.07, 6.45) is 0.620. The normalized spacial score (nSPS) is 11.9. The van der Waals surface area contributed by atoms with Gasteiger partial charge in [0.1, 0.15) is 0 Å². The minimum absolute atomic E-state index is 0.166. The van der Waals surface area contributed by atoms with Crippen molar-refractivity contribution in [3.63, 3.8) is 0 Å². The van der Waals surface area contributed by atoms with Crippen LogP contribution in [0.15, 0.2) is 41.3 Å². The van der Waals surface area contributed by atoms with Crippen molar-refractivity contribution in [1.82, 2.24) is 5.32 Å². The van der Waals surface area contributed by atoms with Gasteiger partial charge >= 0.3 is 0 Å². The van der Waals surface area contributed by atoms with Crippen molar-refractivity contribution in [3.05, 3.63) is 41.4 Å². The standard InChI is InChI=1S/C15H18ClNO2S/c1-2-17-8-3-9-20(18,19)15-7-5-12-10-14(16)6-4-13(12)11-15/h4-7,10-11,17H,2-3,8-9H2,1H3. The fourth-order valence-electron chi connectivity index (χ4n) is 2.07. The van der Waals surface area contributed by atoms with Crippen LogP contribution < -0.4 is 5.32 Å². The van der Waals surface area contributed by atoms with Crippen LogP contribution in [-0.2, 0) is 9.84 Å². The fraction of sp³-hybridized carbons (Fsp3) is 0.333. The van der Waals surface area contributed by atoms with Crippen LogP contribution in [0.4, 0.5) is 0 Å². The Hall–Kier alpha value is -1.10. The van der Waals surface area contributed by atoms with E-state index in [1.165, 1.54) is 0 Å². The molecular formula is C15H18ClNO2S. The number of hydrogen-bond acceptors (Lipinski definition) is 3. The Bertz CT molecular complexity index is 698. The molecule has 20 heavy (non-hydrogen) atoms. The molecule has 0 aliphatic carbocycles. The highest BCUT2D eigenvalue weighted by Gasteiger charge is 2.14. The summed E-state index contributed by atoms with van der Waals surface area (Å²) < 4.78 is 24.5. The number of nitrogens with one attached hydrogen (secondary N) is 1. The molecule has 2 aromatic rings. The number of benzene rings is 2. The molecular weight excluding hydrogens is 294 g/mol. The molecule has 3 nitrogen and oxygen atoms in total. The Labute approximate surface area is 124 Å². The molecule has 0 amide bonds. The highest BCUT2D eigenvalue weighted by molar-refractivity contribution is 7.91. The van der Waals surface area contributed by atoms with Crippen LogP contribution in [0.5, 0.6) is 0 Å². The Kier molecular flexibility index (Phi) is 5.02. The number of hydrogen-bond donors (Lipinski definition) is 1. The van der Waals surface area contributed by atoms with Gasteiger partial charge in [-0.05, 0) is 54.5 Å². The van der Waals surface area contributed by atoms with Crippen molar-refractivity contribution in [1.29, 1.82) is 0 Å². The van der Waals surface area contributed by atoms with Gasteiger partial charge in [0.05, 0.1) is 10.6 Å². The van der Waals surface area contributed by atoms with Crippen molar-refractivity contribution in [2.24, 2.45) is 0 Å². The molecule has 108 valence electrons. The number of fused-ring (bicyclic) bond motifs is 1. The minimum Gasteiger partial charge on any atom is -0.317 e. The predicted molar refractivity (Wildman–Crippen MR) is 84.2 cm³/mol. The first-order valence-corrected chi connectivity index (χ1v) is 8.69. The van der Waals surface area contributed by atoms with Crippen molar-refractivity contribution in [3.8, 4) is 0 Å². The molecule has 0 atom stereocenters. The molecule has 2 rings (SSSR count). The molecule has 1 N–H and O–H groups in total. The van der Waals surface area contributed by atoms with Crippen LogP contribution in [0.2, 0.25) is 5.02 Å². The van der Waals surface area contributed by atoms with Gasteiger partial charge in [-0.2, -0.15) is 0 Å². The van der Waals surface area contributed by atoms with Crippen molar-refractivity contribution in [2.45, 2.75) is 18.2 Å². The molecule has 0 spiro atoms. The second-order valence-corrected chi connectivity index (χ2v) is 7.22. The van der Waals surface area contributed by atoms with E-state index in [2.05, 4.69) is 5.32 Å². The summed E-state index contributed by atoms with van der Waals surface area (Å²) >= 11 is 5.92. The third-order valence-electron chi connectivity index (χ3n) is 3.15. The van der Waals surface area contributed by atoms with Crippen molar-refractivity contribution >= 4 is 32.2 Å². The van der Waals surface area contributed by atoms with Gasteiger partial charge in [0, 0.05) is 5.02 Å². The molecule has 0 bridgehead atoms. The lowest BCUT2D eigenvalue weighted by Gasteiger charge is -2.07. The maximum Gasteiger partial charge on any atom is 0.178 e. The quantitative estimate of drug-likeness (QED) is 0.833. The van der Waals surface area contributed by atoms with Gasteiger partial charge in [-0.15, -0.1) is 0 Å². The van der Waals surface area contributed by atoms with Crippen LogP contribution in [0.1, 0.15) is 13.3 Å². The average Bonchev–Trinajstić information content (AvgIpc) is 2.43. The lowest BCUT2D eigenvalue weighted by atomic mass is 10.1. The van der Waals surface area contributed by atoms with E-state index in [9.17, 15) is 8.42 Å². The van der Waals surface area contributed by atoms with Gasteiger partial charge in [-0.25, -0.2) is 8.42 Å². The van der Waals surface area contributed by atoms with E-state index in [0.29, 0.717) is 16.3 Å². The number of rotatable bonds is 6. The molecule has 0 fully saturated rings. The van der Waals surface area contributed by atoms with Gasteiger partial charge in [0.15, 0.2) is 9.84 Å². The predicted octanol–water partition coefficient (Wildman–Crippen LogP) is 3.27. The third-order valence-corrected chi connectivity index (χ3v) is 5.18. The maximum absolute atomic E-state index is 12.3. The summed E-state index contributed by atoms with van der Waals surface area (Å²) in [7, 11) is -3.22. The van der Waals surface area contributed by atoms with Gasteiger partial charge in [-0.1, -0.05) is 30.7 Å². The van der Waals surface area contributed by atoms with E-state index in [1.807, 2.05) is 19.1 Å². The number of sulfone groups is 1. The first-order chi connectivity index (χ1) is 9.53. The molecule has 0 aliphatic heterocycles. The van der Waals surface area contributed by atoms with E-state index in [4.69, 9.17) is 11.6 Å². The summed E-state index contributed by atoms with van der Waals surface area (Å²) in [4.78, 5) is 0.379. The summed E-state index contributed by atoms with van der Waals surface area (Å²) in [5, 5.41) is 5.62. The van der Waals surface area contributed by atoms with E-state index < -0.39 is 9.84 Å². The Morgan fingerprint density at radius 2 is 1.80 bits per heavy atom. The van der Waals surface area contributed by atoms with Crippen molar-refractivity contribution in [2.75, 3.05) is 18.8 Å². The molecule has 0 saturated heterocycles. The molecule has 0 aliphatic rings. The molecule has 5 heteroatoms. The van der Waals surface area contributed by atoms with Gasteiger partial charge in [0.25, 0.3) is 0 Å². The molecule has 0 saturated carbocycles. The lowest BCUT2D eigenvalue weighted by molar-refractivity contribution is 0.590. The smallest absolute Gasteiger partial charge is 0.178 e. The zero-order valence-corrected chi connectivity index (χ0v) is 13.0. The molecule has 0 unspecified atom stereocenters. The van der Waals surface area contributed by atoms with Crippen LogP contribution in [0.25, 0.3) is 10.8 Å². The molecule has 0 heterocycles. The highest BCUT2D eigenvalue weighted by atomic mass is 35.5. The Morgan fingerprint density at radius 1 is 1.10 bits per heavy atom. The zero-order chi connectivity index (χ0) is 14.6. The van der Waals surface area contributed by atoms with E-state index >= 15 is 0 Å². The SMILES string of the molecule is CCNCCCS(=O)(=O)c1ccc2cc(Cl)ccc2c1. The Balaban J connectivity index is 2.21. The first-order valence-electron chi connectivity index (χ1n) is 6.66. The topological polar surface area (TPSA) is 46.2 Å². The largest absolute Gasteiger partial charge is 0.317 e. The fourth-order valence-corrected chi connectivity index (χ4v) is 3.59. The van der Waals surface area contributed by atoms with Crippen LogP contribution in [-0.4, -0.2) is 27.3 Å². The number of halogens is 1. The van der Waals surface area contributed by atoms with E-state index in [1.54, 1.807) is 24.3 Å². The minimum atomic E-state index is -3.22. The molecule has 2 aromatic carbocycles. The maximum atomic E-state index is 12.3. The first kappa shape index (κ1) is 15.3. The molecule has 0 aromatic heterocycles. The van der Waals surface area contributed by atoms with Gasteiger partial charge in [-0.3, -0.25) is 0 Å². The highest BCUT2D eigenvalue weighted by Crippen LogP contribution is 2.23. The second-order valence-electron chi connectivity index (χ2n) is 4.68. The van der Waals surface area contributed by atoms with E-state index in [0.717, 1.165) is 23.9 Å². The summed E-state index contributed by atoms with van der Waals surface area (Å²) in [5.74, 6) is 0.166. The van der Waals surface area contributed by atoms with Crippen LogP contribution in [0, 0.1) is 0 Å². The summed E-state index contributed by atoms with van der Waals surface area (Å²) in [6, 6.07) is 10.6. The average molecular weight is 312 g/mol. The van der Waals surface area contributed by atoms with Crippen LogP contribution in [0.3, 0.4) is 0 Å². The van der Waals surface area contributed by atoms with E-state index in [-0.39, 0.29) is 5.75 Å².